The number of aryl methyl sites for hydroxylation is 1. The Kier molecular flexibility index (Phi) is 5.85. The number of rotatable bonds is 6. The predicted molar refractivity (Wildman–Crippen MR) is 108 cm³/mol. The third kappa shape index (κ3) is 3.79. The highest BCUT2D eigenvalue weighted by molar-refractivity contribution is 5.73. The fourth-order valence-electron chi connectivity index (χ4n) is 3.21. The summed E-state index contributed by atoms with van der Waals surface area (Å²) in [5, 5.41) is 9.46. The first-order chi connectivity index (χ1) is 13.6. The molecule has 0 saturated carbocycles. The maximum atomic E-state index is 12.8. The van der Waals surface area contributed by atoms with Crippen LogP contribution in [0.5, 0.6) is 0 Å². The Morgan fingerprint density at radius 3 is 2.43 bits per heavy atom. The largest absolute Gasteiger partial charge is 0.353 e. The SMILES string of the molecule is CCCCc1nc(=O)n(C)c(=O)n1Cc1ccccc1-c1ccccc1C#N. The second-order valence-electron chi connectivity index (χ2n) is 6.66. The van der Waals surface area contributed by atoms with Crippen LogP contribution in [0.1, 0.15) is 36.7 Å². The van der Waals surface area contributed by atoms with Gasteiger partial charge in [0, 0.05) is 13.5 Å². The summed E-state index contributed by atoms with van der Waals surface area (Å²) in [6.45, 7) is 2.34. The summed E-state index contributed by atoms with van der Waals surface area (Å²) in [5.41, 5.74) is 2.27. The molecule has 0 bridgehead atoms. The minimum absolute atomic E-state index is 0.287. The van der Waals surface area contributed by atoms with E-state index in [9.17, 15) is 14.9 Å². The number of hydrogen-bond acceptors (Lipinski definition) is 4. The van der Waals surface area contributed by atoms with E-state index in [1.54, 1.807) is 10.6 Å². The van der Waals surface area contributed by atoms with Crippen molar-refractivity contribution in [3.63, 3.8) is 0 Å². The van der Waals surface area contributed by atoms with Gasteiger partial charge in [0.15, 0.2) is 0 Å². The first kappa shape index (κ1) is 19.3. The number of benzene rings is 2. The molecule has 0 fully saturated rings. The molecule has 6 nitrogen and oxygen atoms in total. The van der Waals surface area contributed by atoms with Gasteiger partial charge in [-0.15, -0.1) is 0 Å². The van der Waals surface area contributed by atoms with E-state index in [4.69, 9.17) is 0 Å². The maximum Gasteiger partial charge on any atom is 0.353 e. The lowest BCUT2D eigenvalue weighted by Crippen LogP contribution is -2.42. The van der Waals surface area contributed by atoms with Crippen LogP contribution >= 0.6 is 0 Å². The van der Waals surface area contributed by atoms with E-state index in [1.165, 1.54) is 7.05 Å². The van der Waals surface area contributed by atoms with Gasteiger partial charge in [-0.05, 0) is 29.2 Å². The number of hydrogen-bond donors (Lipinski definition) is 0. The van der Waals surface area contributed by atoms with Crippen LogP contribution in [-0.4, -0.2) is 14.1 Å². The Hall–Kier alpha value is -3.46. The Labute approximate surface area is 163 Å². The van der Waals surface area contributed by atoms with Crippen LogP contribution in [0.4, 0.5) is 0 Å². The lowest BCUT2D eigenvalue weighted by Gasteiger charge is -2.16. The van der Waals surface area contributed by atoms with Crippen molar-refractivity contribution in [2.45, 2.75) is 32.7 Å². The molecular weight excluding hydrogens is 352 g/mol. The molecule has 1 heterocycles. The normalized spacial score (nSPS) is 10.6. The van der Waals surface area contributed by atoms with E-state index < -0.39 is 5.69 Å². The standard InChI is InChI=1S/C22H22N4O2/c1-3-4-13-20-24-21(27)25(2)22(28)26(20)15-17-10-6-8-12-19(17)18-11-7-5-9-16(18)14-23/h5-12H,3-4,13,15H2,1-2H3. The summed E-state index contributed by atoms with van der Waals surface area (Å²) in [6, 6.07) is 17.3. The van der Waals surface area contributed by atoms with Crippen molar-refractivity contribution >= 4 is 0 Å². The second-order valence-corrected chi connectivity index (χ2v) is 6.66. The molecule has 3 rings (SSSR count). The topological polar surface area (TPSA) is 80.7 Å². The summed E-state index contributed by atoms with van der Waals surface area (Å²) >= 11 is 0. The van der Waals surface area contributed by atoms with Crippen LogP contribution in [0.3, 0.4) is 0 Å². The third-order valence-electron chi connectivity index (χ3n) is 4.78. The first-order valence-electron chi connectivity index (χ1n) is 9.31. The van der Waals surface area contributed by atoms with Crippen molar-refractivity contribution in [1.29, 1.82) is 5.26 Å². The van der Waals surface area contributed by atoms with Gasteiger partial charge in [-0.25, -0.2) is 14.2 Å². The molecule has 0 aliphatic rings. The van der Waals surface area contributed by atoms with E-state index in [0.29, 0.717) is 17.8 Å². The van der Waals surface area contributed by atoms with Gasteiger partial charge in [-0.1, -0.05) is 55.8 Å². The third-order valence-corrected chi connectivity index (χ3v) is 4.78. The summed E-state index contributed by atoms with van der Waals surface area (Å²) in [5.74, 6) is 0.498. The smallest absolute Gasteiger partial charge is 0.277 e. The first-order valence-corrected chi connectivity index (χ1v) is 9.31. The van der Waals surface area contributed by atoms with Gasteiger partial charge in [0.05, 0.1) is 18.2 Å². The average molecular weight is 374 g/mol. The molecule has 0 aliphatic carbocycles. The van der Waals surface area contributed by atoms with Gasteiger partial charge in [0.1, 0.15) is 5.82 Å². The monoisotopic (exact) mass is 374 g/mol. The predicted octanol–water partition coefficient (Wildman–Crippen LogP) is 2.87. The van der Waals surface area contributed by atoms with E-state index >= 15 is 0 Å². The Morgan fingerprint density at radius 1 is 1.04 bits per heavy atom. The Balaban J connectivity index is 2.14. The molecule has 2 aromatic carbocycles. The summed E-state index contributed by atoms with van der Waals surface area (Å²) in [4.78, 5) is 28.9. The van der Waals surface area contributed by atoms with E-state index in [2.05, 4.69) is 18.0 Å². The molecule has 0 radical (unpaired) electrons. The number of nitriles is 1. The quantitative estimate of drug-likeness (QED) is 0.664. The molecule has 0 unspecified atom stereocenters. The number of aromatic nitrogens is 3. The number of unbranched alkanes of at least 4 members (excludes halogenated alkanes) is 1. The molecule has 1 aromatic heterocycles. The Bertz CT molecular complexity index is 1150. The molecule has 0 amide bonds. The van der Waals surface area contributed by atoms with E-state index in [1.807, 2.05) is 42.5 Å². The highest BCUT2D eigenvalue weighted by Crippen LogP contribution is 2.27. The van der Waals surface area contributed by atoms with E-state index in [-0.39, 0.29) is 12.2 Å². The molecular formula is C22H22N4O2. The molecule has 3 aromatic rings. The van der Waals surface area contributed by atoms with Crippen molar-refractivity contribution in [2.75, 3.05) is 0 Å². The minimum Gasteiger partial charge on any atom is -0.277 e. The zero-order chi connectivity index (χ0) is 20.1. The van der Waals surface area contributed by atoms with Gasteiger partial charge in [-0.3, -0.25) is 4.57 Å². The van der Waals surface area contributed by atoms with Gasteiger partial charge in [0.2, 0.25) is 0 Å². The highest BCUT2D eigenvalue weighted by Gasteiger charge is 2.14. The zero-order valence-corrected chi connectivity index (χ0v) is 16.1. The van der Waals surface area contributed by atoms with Gasteiger partial charge >= 0.3 is 11.4 Å². The van der Waals surface area contributed by atoms with Crippen molar-refractivity contribution < 1.29 is 0 Å². The van der Waals surface area contributed by atoms with Crippen molar-refractivity contribution in [3.05, 3.63) is 86.5 Å². The van der Waals surface area contributed by atoms with Crippen molar-refractivity contribution in [2.24, 2.45) is 7.05 Å². The molecule has 0 aliphatic heterocycles. The van der Waals surface area contributed by atoms with Crippen LogP contribution in [0, 0.1) is 11.3 Å². The van der Waals surface area contributed by atoms with Crippen LogP contribution in [0.25, 0.3) is 11.1 Å². The summed E-state index contributed by atoms with van der Waals surface area (Å²) < 4.78 is 2.59. The van der Waals surface area contributed by atoms with E-state index in [0.717, 1.165) is 34.1 Å². The highest BCUT2D eigenvalue weighted by atomic mass is 16.2. The lowest BCUT2D eigenvalue weighted by molar-refractivity contribution is 0.559. The molecule has 6 heteroatoms. The second kappa shape index (κ2) is 8.49. The lowest BCUT2D eigenvalue weighted by atomic mass is 9.96. The van der Waals surface area contributed by atoms with Crippen LogP contribution < -0.4 is 11.4 Å². The fourth-order valence-corrected chi connectivity index (χ4v) is 3.21. The molecule has 0 saturated heterocycles. The van der Waals surface area contributed by atoms with Crippen molar-refractivity contribution in [1.82, 2.24) is 14.1 Å². The molecule has 28 heavy (non-hydrogen) atoms. The Morgan fingerprint density at radius 2 is 1.71 bits per heavy atom. The summed E-state index contributed by atoms with van der Waals surface area (Å²) in [7, 11) is 1.44. The molecule has 0 spiro atoms. The van der Waals surface area contributed by atoms with Crippen LogP contribution in [-0.2, 0) is 20.0 Å². The maximum absolute atomic E-state index is 12.8. The fraction of sp³-hybridized carbons (Fsp3) is 0.273. The minimum atomic E-state index is -0.532. The van der Waals surface area contributed by atoms with Gasteiger partial charge < -0.3 is 0 Å². The number of nitrogens with zero attached hydrogens (tertiary/aromatic N) is 4. The zero-order valence-electron chi connectivity index (χ0n) is 16.1. The average Bonchev–Trinajstić information content (AvgIpc) is 2.73. The molecule has 0 N–H and O–H groups in total. The van der Waals surface area contributed by atoms with Crippen LogP contribution in [0.2, 0.25) is 0 Å². The molecule has 0 atom stereocenters. The van der Waals surface area contributed by atoms with Gasteiger partial charge in [0.25, 0.3) is 0 Å². The van der Waals surface area contributed by atoms with Crippen molar-refractivity contribution in [3.8, 4) is 17.2 Å². The molecule has 142 valence electrons. The summed E-state index contributed by atoms with van der Waals surface area (Å²) in [6.07, 6.45) is 2.36. The van der Waals surface area contributed by atoms with Crippen LogP contribution in [0.15, 0.2) is 58.1 Å². The van der Waals surface area contributed by atoms with Gasteiger partial charge in [-0.2, -0.15) is 10.2 Å².